The van der Waals surface area contributed by atoms with E-state index in [1.165, 1.54) is 21.4 Å². The van der Waals surface area contributed by atoms with Crippen molar-refractivity contribution in [3.05, 3.63) is 45.9 Å². The summed E-state index contributed by atoms with van der Waals surface area (Å²) in [6.45, 7) is 2.99. The van der Waals surface area contributed by atoms with Gasteiger partial charge in [-0.05, 0) is 0 Å². The molecule has 0 aromatic heterocycles. The summed E-state index contributed by atoms with van der Waals surface area (Å²) in [4.78, 5) is 0. The largest absolute Gasteiger partial charge is 1.00 e. The fourth-order valence-corrected chi connectivity index (χ4v) is 2.42. The van der Waals surface area contributed by atoms with Gasteiger partial charge in [-0.15, -0.1) is 0 Å². The standard InChI is InChI=1S/C15H17O.2ClH.Ti/c1-2-3-12-16-15-11-7-6-10-14(15)13-8-4-5-9-13;;;/h4,6-8,10-11H,2-3,5,12H2,1H3;2*1H;/q;;;+2/p-2. The van der Waals surface area contributed by atoms with Gasteiger partial charge in [0, 0.05) is 0 Å². The number of hydrogen-bond donors (Lipinski definition) is 0. The molecule has 0 saturated carbocycles. The summed E-state index contributed by atoms with van der Waals surface area (Å²) >= 11 is 2.19. The number of para-hydroxylation sites is 1. The minimum atomic E-state index is 0. The molecule has 0 aliphatic heterocycles. The van der Waals surface area contributed by atoms with Crippen molar-refractivity contribution in [1.29, 1.82) is 0 Å². The van der Waals surface area contributed by atoms with Crippen molar-refractivity contribution in [3.63, 3.8) is 0 Å². The molecule has 19 heavy (non-hydrogen) atoms. The third-order valence-electron chi connectivity index (χ3n) is 2.86. The van der Waals surface area contributed by atoms with E-state index in [4.69, 9.17) is 4.74 Å². The van der Waals surface area contributed by atoms with Gasteiger partial charge in [0.1, 0.15) is 0 Å². The van der Waals surface area contributed by atoms with Crippen LogP contribution in [-0.2, 0) is 20.4 Å². The Balaban J connectivity index is 0.00000162. The third kappa shape index (κ3) is 5.00. The summed E-state index contributed by atoms with van der Waals surface area (Å²) in [7, 11) is 0. The predicted octanol–water partition coefficient (Wildman–Crippen LogP) is -1.91. The van der Waals surface area contributed by atoms with E-state index in [1.807, 2.05) is 6.07 Å². The Morgan fingerprint density at radius 2 is 1.95 bits per heavy atom. The maximum Gasteiger partial charge on any atom is -1.00 e. The molecular formula is C15H17Cl2OTi. The Hall–Kier alpha value is -0.206. The molecule has 0 unspecified atom stereocenters. The third-order valence-corrected chi connectivity index (χ3v) is 3.60. The quantitative estimate of drug-likeness (QED) is 0.452. The van der Waals surface area contributed by atoms with Crippen LogP contribution in [0.5, 0.6) is 5.75 Å². The fourth-order valence-electron chi connectivity index (χ4n) is 1.90. The van der Waals surface area contributed by atoms with Gasteiger partial charge in [-0.2, -0.15) is 0 Å². The van der Waals surface area contributed by atoms with Crippen LogP contribution in [0.4, 0.5) is 0 Å². The molecule has 1 aliphatic rings. The summed E-state index contributed by atoms with van der Waals surface area (Å²) in [6.07, 6.45) is 7.77. The van der Waals surface area contributed by atoms with Crippen molar-refractivity contribution in [1.82, 2.24) is 0 Å². The number of allylic oxidation sites excluding steroid dienone is 4. The van der Waals surface area contributed by atoms with E-state index < -0.39 is 0 Å². The molecule has 1 aliphatic carbocycles. The molecule has 0 fully saturated rings. The van der Waals surface area contributed by atoms with E-state index in [1.54, 1.807) is 0 Å². The van der Waals surface area contributed by atoms with E-state index >= 15 is 0 Å². The number of benzene rings is 1. The predicted molar refractivity (Wildman–Crippen MR) is 67.5 cm³/mol. The van der Waals surface area contributed by atoms with E-state index in [0.717, 1.165) is 25.2 Å². The summed E-state index contributed by atoms with van der Waals surface area (Å²) in [6, 6.07) is 8.33. The maximum absolute atomic E-state index is 5.87. The number of hydrogen-bond acceptors (Lipinski definition) is 1. The summed E-state index contributed by atoms with van der Waals surface area (Å²) in [5.41, 5.74) is 2.56. The van der Waals surface area contributed by atoms with Gasteiger partial charge in [0.2, 0.25) is 0 Å². The molecule has 0 N–H and O–H groups in total. The van der Waals surface area contributed by atoms with Crippen LogP contribution >= 0.6 is 0 Å². The van der Waals surface area contributed by atoms with Gasteiger partial charge in [-0.3, -0.25) is 0 Å². The maximum atomic E-state index is 5.87. The normalized spacial score (nSPS) is 13.0. The van der Waals surface area contributed by atoms with Crippen molar-refractivity contribution in [2.75, 3.05) is 6.61 Å². The Morgan fingerprint density at radius 3 is 2.58 bits per heavy atom. The average molecular weight is 332 g/mol. The Kier molecular flexibility index (Phi) is 9.55. The number of rotatable bonds is 5. The summed E-state index contributed by atoms with van der Waals surface area (Å²) in [5.74, 6) is 1.02. The minimum Gasteiger partial charge on any atom is -1.00 e. The Labute approximate surface area is 139 Å². The first-order chi connectivity index (χ1) is 8.33. The van der Waals surface area contributed by atoms with Crippen LogP contribution < -0.4 is 29.6 Å². The SMILES string of the molecule is CCCCOc1ccccc1C1=[C]([Ti+2])CC=C1.[Cl-].[Cl-]. The van der Waals surface area contributed by atoms with Crippen molar-refractivity contribution in [3.8, 4) is 5.75 Å². The zero-order chi connectivity index (χ0) is 12.1. The molecule has 0 atom stereocenters. The first kappa shape index (κ1) is 18.8. The number of unbranched alkanes of at least 4 members (excludes halogenated alkanes) is 1. The molecule has 4 heteroatoms. The monoisotopic (exact) mass is 331 g/mol. The molecule has 1 aromatic carbocycles. The van der Waals surface area contributed by atoms with Gasteiger partial charge in [0.25, 0.3) is 0 Å². The van der Waals surface area contributed by atoms with Gasteiger partial charge in [-0.1, -0.05) is 0 Å². The zero-order valence-electron chi connectivity index (χ0n) is 11.0. The molecule has 0 heterocycles. The second-order valence-electron chi connectivity index (χ2n) is 4.20. The first-order valence-corrected chi connectivity index (χ1v) is 6.94. The molecule has 0 bridgehead atoms. The minimum absolute atomic E-state index is 0. The summed E-state index contributed by atoms with van der Waals surface area (Å²) in [5, 5.41) is 0. The zero-order valence-corrected chi connectivity index (χ0v) is 14.0. The molecule has 1 nitrogen and oxygen atoms in total. The van der Waals surface area contributed by atoms with Crippen LogP contribution in [0.2, 0.25) is 0 Å². The van der Waals surface area contributed by atoms with Crippen molar-refractivity contribution >= 4 is 5.57 Å². The molecule has 0 radical (unpaired) electrons. The van der Waals surface area contributed by atoms with Gasteiger partial charge in [0.05, 0.1) is 0 Å². The first-order valence-electron chi connectivity index (χ1n) is 6.16. The van der Waals surface area contributed by atoms with Crippen molar-refractivity contribution in [2.45, 2.75) is 26.2 Å². The molecule has 101 valence electrons. The summed E-state index contributed by atoms with van der Waals surface area (Å²) < 4.78 is 7.30. The van der Waals surface area contributed by atoms with Gasteiger partial charge in [-0.25, -0.2) is 0 Å². The second kappa shape index (κ2) is 9.66. The fraction of sp³-hybridized carbons (Fsp3) is 0.333. The van der Waals surface area contributed by atoms with Gasteiger partial charge < -0.3 is 24.8 Å². The molecule has 0 spiro atoms. The van der Waals surface area contributed by atoms with E-state index in [-0.39, 0.29) is 24.8 Å². The smallest absolute Gasteiger partial charge is 1.00 e. The van der Waals surface area contributed by atoms with Crippen LogP contribution in [0.3, 0.4) is 0 Å². The number of halogens is 2. The van der Waals surface area contributed by atoms with E-state index in [2.05, 4.69) is 57.7 Å². The molecule has 0 saturated heterocycles. The van der Waals surface area contributed by atoms with Gasteiger partial charge in [0.15, 0.2) is 0 Å². The molecule has 1 aromatic rings. The van der Waals surface area contributed by atoms with Crippen LogP contribution in [-0.4, -0.2) is 6.61 Å². The molecule has 0 amide bonds. The van der Waals surface area contributed by atoms with E-state index in [9.17, 15) is 0 Å². The van der Waals surface area contributed by atoms with E-state index in [0.29, 0.717) is 0 Å². The average Bonchev–Trinajstić information content (AvgIpc) is 2.76. The van der Waals surface area contributed by atoms with Crippen molar-refractivity contribution < 1.29 is 50.0 Å². The Morgan fingerprint density at radius 1 is 1.21 bits per heavy atom. The second-order valence-corrected chi connectivity index (χ2v) is 5.14. The van der Waals surface area contributed by atoms with Crippen LogP contribution in [0, 0.1) is 0 Å². The van der Waals surface area contributed by atoms with Crippen molar-refractivity contribution in [2.24, 2.45) is 0 Å². The topological polar surface area (TPSA) is 9.23 Å². The number of ether oxygens (including phenoxy) is 1. The van der Waals surface area contributed by atoms with Crippen LogP contribution in [0.1, 0.15) is 31.7 Å². The Bertz CT molecular complexity index is 455. The molecule has 2 rings (SSSR count). The van der Waals surface area contributed by atoms with Crippen LogP contribution in [0.25, 0.3) is 5.57 Å². The van der Waals surface area contributed by atoms with Gasteiger partial charge >= 0.3 is 115 Å². The van der Waals surface area contributed by atoms with Crippen LogP contribution in [0.15, 0.2) is 40.3 Å². The molecular weight excluding hydrogens is 315 g/mol.